The maximum absolute atomic E-state index is 12.1. The number of ketones is 1. The van der Waals surface area contributed by atoms with E-state index in [0.717, 1.165) is 0 Å². The Labute approximate surface area is 148 Å². The first kappa shape index (κ1) is 19.2. The lowest BCUT2D eigenvalue weighted by atomic mass is 10.1. The molecule has 6 nitrogen and oxygen atoms in total. The maximum Gasteiger partial charge on any atom is 0.387 e. The molecule has 0 unspecified atom stereocenters. The van der Waals surface area contributed by atoms with Crippen molar-refractivity contribution in [1.29, 1.82) is 0 Å². The second kappa shape index (κ2) is 8.80. The van der Waals surface area contributed by atoms with Crippen LogP contribution in [0.15, 0.2) is 42.5 Å². The van der Waals surface area contributed by atoms with Crippen molar-refractivity contribution in [3.63, 3.8) is 0 Å². The summed E-state index contributed by atoms with van der Waals surface area (Å²) in [5.74, 6) is -0.465. The Bertz CT molecular complexity index is 774. The fraction of sp³-hybridized carbons (Fsp3) is 0.222. The Morgan fingerprint density at radius 3 is 2.12 bits per heavy atom. The van der Waals surface area contributed by atoms with Crippen molar-refractivity contribution >= 4 is 11.8 Å². The summed E-state index contributed by atoms with van der Waals surface area (Å²) in [4.78, 5) is 24.1. The molecular weight excluding hydrogens is 350 g/mol. The van der Waals surface area contributed by atoms with Gasteiger partial charge in [-0.1, -0.05) is 0 Å². The fourth-order valence-electron chi connectivity index (χ4n) is 2.08. The van der Waals surface area contributed by atoms with Crippen LogP contribution in [0.3, 0.4) is 0 Å². The number of carbonyl (C=O) groups excluding carboxylic acids is 2. The largest absolute Gasteiger partial charge is 0.493 e. The number of hydrogen-bond donors (Lipinski definition) is 0. The Balaban J connectivity index is 1.97. The van der Waals surface area contributed by atoms with E-state index < -0.39 is 25.0 Å². The van der Waals surface area contributed by atoms with E-state index in [0.29, 0.717) is 11.5 Å². The highest BCUT2D eigenvalue weighted by Crippen LogP contribution is 2.27. The molecule has 0 aliphatic carbocycles. The van der Waals surface area contributed by atoms with E-state index in [4.69, 9.17) is 14.2 Å². The van der Waals surface area contributed by atoms with Gasteiger partial charge in [0.25, 0.3) is 0 Å². The van der Waals surface area contributed by atoms with Gasteiger partial charge in [-0.25, -0.2) is 4.79 Å². The van der Waals surface area contributed by atoms with Gasteiger partial charge in [0.2, 0.25) is 0 Å². The Morgan fingerprint density at radius 1 is 0.923 bits per heavy atom. The molecule has 2 rings (SSSR count). The minimum absolute atomic E-state index is 0.0705. The second-order valence-electron chi connectivity index (χ2n) is 4.97. The van der Waals surface area contributed by atoms with Crippen LogP contribution in [0.1, 0.15) is 20.7 Å². The zero-order valence-electron chi connectivity index (χ0n) is 14.0. The van der Waals surface area contributed by atoms with E-state index in [9.17, 15) is 18.4 Å². The molecule has 0 aliphatic heterocycles. The topological polar surface area (TPSA) is 71.1 Å². The third-order valence-electron chi connectivity index (χ3n) is 3.36. The molecule has 0 spiro atoms. The highest BCUT2D eigenvalue weighted by atomic mass is 19.3. The highest BCUT2D eigenvalue weighted by molar-refractivity contribution is 5.99. The van der Waals surface area contributed by atoms with Crippen molar-refractivity contribution in [2.75, 3.05) is 20.8 Å². The van der Waals surface area contributed by atoms with Gasteiger partial charge in [-0.15, -0.1) is 0 Å². The molecule has 0 N–H and O–H groups in total. The number of esters is 1. The minimum atomic E-state index is -2.95. The third kappa shape index (κ3) is 4.92. The van der Waals surface area contributed by atoms with Crippen LogP contribution in [0.5, 0.6) is 17.2 Å². The van der Waals surface area contributed by atoms with Gasteiger partial charge in [-0.2, -0.15) is 8.78 Å². The third-order valence-corrected chi connectivity index (χ3v) is 3.36. The Morgan fingerprint density at radius 2 is 1.54 bits per heavy atom. The number of hydrogen-bond acceptors (Lipinski definition) is 6. The molecule has 2 aromatic carbocycles. The molecule has 0 radical (unpaired) electrons. The van der Waals surface area contributed by atoms with E-state index >= 15 is 0 Å². The Hall–Kier alpha value is -3.16. The van der Waals surface area contributed by atoms with E-state index in [2.05, 4.69) is 4.74 Å². The van der Waals surface area contributed by atoms with Crippen LogP contribution in [0.4, 0.5) is 8.78 Å². The lowest BCUT2D eigenvalue weighted by Gasteiger charge is -2.09. The van der Waals surface area contributed by atoms with Crippen molar-refractivity contribution in [3.05, 3.63) is 53.6 Å². The van der Waals surface area contributed by atoms with Gasteiger partial charge in [-0.05, 0) is 42.5 Å². The molecule has 0 aromatic heterocycles. The van der Waals surface area contributed by atoms with Crippen molar-refractivity contribution in [1.82, 2.24) is 0 Å². The molecule has 0 atom stereocenters. The van der Waals surface area contributed by atoms with E-state index in [1.807, 2.05) is 0 Å². The van der Waals surface area contributed by atoms with Crippen LogP contribution < -0.4 is 14.2 Å². The van der Waals surface area contributed by atoms with E-state index in [-0.39, 0.29) is 16.9 Å². The second-order valence-corrected chi connectivity index (χ2v) is 4.97. The minimum Gasteiger partial charge on any atom is -0.493 e. The number of carbonyl (C=O) groups is 2. The molecule has 0 amide bonds. The summed E-state index contributed by atoms with van der Waals surface area (Å²) in [5.41, 5.74) is 0.392. The average molecular weight is 366 g/mol. The van der Waals surface area contributed by atoms with Crippen molar-refractivity contribution in [2.45, 2.75) is 6.61 Å². The van der Waals surface area contributed by atoms with Crippen LogP contribution in [0, 0.1) is 0 Å². The van der Waals surface area contributed by atoms with Crippen LogP contribution in [0.25, 0.3) is 0 Å². The summed E-state index contributed by atoms with van der Waals surface area (Å²) < 4.78 is 43.5. The summed E-state index contributed by atoms with van der Waals surface area (Å²) in [6.45, 7) is -3.44. The lowest BCUT2D eigenvalue weighted by molar-refractivity contribution is -0.0498. The first-order valence-corrected chi connectivity index (χ1v) is 7.42. The molecule has 0 fully saturated rings. The van der Waals surface area contributed by atoms with Gasteiger partial charge >= 0.3 is 12.6 Å². The predicted octanol–water partition coefficient (Wildman–Crippen LogP) is 3.34. The molecule has 0 saturated heterocycles. The smallest absolute Gasteiger partial charge is 0.387 e. The number of benzene rings is 2. The zero-order valence-corrected chi connectivity index (χ0v) is 14.0. The summed E-state index contributed by atoms with van der Waals surface area (Å²) in [6, 6.07) is 9.53. The SMILES string of the molecule is COc1ccc(C(=O)OCC(=O)c2ccc(OC(F)F)cc2)cc1OC. The predicted molar refractivity (Wildman–Crippen MR) is 87.2 cm³/mol. The van der Waals surface area contributed by atoms with Crippen molar-refractivity contribution < 1.29 is 37.3 Å². The number of halogens is 2. The molecular formula is C18H16F2O6. The standard InChI is InChI=1S/C18H16F2O6/c1-23-15-8-5-12(9-16(15)24-2)17(22)25-10-14(21)11-3-6-13(7-4-11)26-18(19)20/h3-9,18H,10H2,1-2H3. The summed E-state index contributed by atoms with van der Waals surface area (Å²) >= 11 is 0. The summed E-state index contributed by atoms with van der Waals surface area (Å²) in [7, 11) is 2.89. The van der Waals surface area contributed by atoms with Gasteiger partial charge in [0.15, 0.2) is 23.9 Å². The molecule has 8 heteroatoms. The molecule has 0 aliphatic rings. The van der Waals surface area contributed by atoms with Gasteiger partial charge in [0, 0.05) is 5.56 Å². The highest BCUT2D eigenvalue weighted by Gasteiger charge is 2.15. The van der Waals surface area contributed by atoms with E-state index in [1.165, 1.54) is 50.6 Å². The van der Waals surface area contributed by atoms with Crippen molar-refractivity contribution in [3.8, 4) is 17.2 Å². The monoisotopic (exact) mass is 366 g/mol. The van der Waals surface area contributed by atoms with Crippen LogP contribution in [-0.2, 0) is 4.74 Å². The number of methoxy groups -OCH3 is 2. The zero-order chi connectivity index (χ0) is 19.1. The summed E-state index contributed by atoms with van der Waals surface area (Å²) in [6.07, 6.45) is 0. The van der Waals surface area contributed by atoms with Crippen LogP contribution >= 0.6 is 0 Å². The van der Waals surface area contributed by atoms with Gasteiger partial charge < -0.3 is 18.9 Å². The average Bonchev–Trinajstić information content (AvgIpc) is 2.65. The first-order chi connectivity index (χ1) is 12.4. The number of ether oxygens (including phenoxy) is 4. The molecule has 138 valence electrons. The first-order valence-electron chi connectivity index (χ1n) is 7.42. The molecule has 26 heavy (non-hydrogen) atoms. The molecule has 0 heterocycles. The number of rotatable bonds is 8. The fourth-order valence-corrected chi connectivity index (χ4v) is 2.08. The normalized spacial score (nSPS) is 10.3. The van der Waals surface area contributed by atoms with E-state index in [1.54, 1.807) is 6.07 Å². The molecule has 0 bridgehead atoms. The van der Waals surface area contributed by atoms with Crippen LogP contribution in [0.2, 0.25) is 0 Å². The Kier molecular flexibility index (Phi) is 6.48. The van der Waals surface area contributed by atoms with Gasteiger partial charge in [0.05, 0.1) is 19.8 Å². The summed E-state index contributed by atoms with van der Waals surface area (Å²) in [5, 5.41) is 0. The molecule has 0 saturated carbocycles. The van der Waals surface area contributed by atoms with Crippen LogP contribution in [-0.4, -0.2) is 39.2 Å². The quantitative estimate of drug-likeness (QED) is 0.527. The van der Waals surface area contributed by atoms with Crippen molar-refractivity contribution in [2.24, 2.45) is 0 Å². The number of alkyl halides is 2. The number of Topliss-reactive ketones (excluding diaryl/α,β-unsaturated/α-hetero) is 1. The van der Waals surface area contributed by atoms with Gasteiger partial charge in [0.1, 0.15) is 5.75 Å². The maximum atomic E-state index is 12.1. The van der Waals surface area contributed by atoms with Gasteiger partial charge in [-0.3, -0.25) is 4.79 Å². The lowest BCUT2D eigenvalue weighted by Crippen LogP contribution is -2.14. The molecule has 2 aromatic rings.